The summed E-state index contributed by atoms with van der Waals surface area (Å²) < 4.78 is 26.6. The van der Waals surface area contributed by atoms with E-state index in [1.54, 1.807) is 19.1 Å². The van der Waals surface area contributed by atoms with E-state index in [0.717, 1.165) is 17.5 Å². The smallest absolute Gasteiger partial charge is 0.181 e. The molecule has 3 rings (SSSR count). The van der Waals surface area contributed by atoms with E-state index in [-0.39, 0.29) is 23.2 Å². The van der Waals surface area contributed by atoms with Gasteiger partial charge in [0.2, 0.25) is 0 Å². The van der Waals surface area contributed by atoms with Crippen molar-refractivity contribution in [2.24, 2.45) is 0 Å². The monoisotopic (exact) mass is 433 g/mol. The third kappa shape index (κ3) is 5.76. The van der Waals surface area contributed by atoms with Crippen molar-refractivity contribution in [3.05, 3.63) is 54.1 Å². The summed E-state index contributed by atoms with van der Waals surface area (Å²) in [6.45, 7) is 3.80. The summed E-state index contributed by atoms with van der Waals surface area (Å²) in [6.07, 6.45) is 1.70. The van der Waals surface area contributed by atoms with Crippen LogP contribution in [0.15, 0.2) is 53.4 Å². The van der Waals surface area contributed by atoms with Gasteiger partial charge in [-0.15, -0.1) is 0 Å². The maximum absolute atomic E-state index is 12.9. The molecule has 1 aromatic heterocycles. The summed E-state index contributed by atoms with van der Waals surface area (Å²) in [5.74, 6) is -0.375. The Kier molecular flexibility index (Phi) is 6.58. The molecule has 1 heterocycles. The lowest BCUT2D eigenvalue weighted by atomic mass is 10.0. The van der Waals surface area contributed by atoms with Gasteiger partial charge in [0, 0.05) is 12.6 Å². The first-order valence-corrected chi connectivity index (χ1v) is 12.0. The second-order valence-corrected chi connectivity index (χ2v) is 10.7. The van der Waals surface area contributed by atoms with Crippen LogP contribution in [0.3, 0.4) is 0 Å². The average molecular weight is 434 g/mol. The first-order chi connectivity index (χ1) is 13.7. The quantitative estimate of drug-likeness (QED) is 0.479. The van der Waals surface area contributed by atoms with Gasteiger partial charge in [-0.05, 0) is 43.5 Å². The first kappa shape index (κ1) is 21.7. The Balaban J connectivity index is 1.66. The molecule has 0 aliphatic rings. The van der Waals surface area contributed by atoms with Gasteiger partial charge in [0.1, 0.15) is 0 Å². The van der Waals surface area contributed by atoms with E-state index in [4.69, 9.17) is 5.73 Å². The van der Waals surface area contributed by atoms with Crippen molar-refractivity contribution < 1.29 is 13.5 Å². The molecule has 0 bridgehead atoms. The van der Waals surface area contributed by atoms with E-state index in [1.165, 1.54) is 23.0 Å². The van der Waals surface area contributed by atoms with Crippen LogP contribution < -0.4 is 11.1 Å². The van der Waals surface area contributed by atoms with Gasteiger partial charge in [0.25, 0.3) is 0 Å². The van der Waals surface area contributed by atoms with Crippen molar-refractivity contribution in [1.29, 1.82) is 0 Å². The first-order valence-electron chi connectivity index (χ1n) is 9.57. The zero-order valence-corrected chi connectivity index (χ0v) is 18.3. The molecule has 3 aromatic rings. The largest absolute Gasteiger partial charge is 0.388 e. The maximum atomic E-state index is 12.9. The third-order valence-electron chi connectivity index (χ3n) is 4.82. The number of anilines is 1. The van der Waals surface area contributed by atoms with Gasteiger partial charge in [-0.2, -0.15) is 0 Å². The molecule has 0 saturated carbocycles. The molecule has 0 aliphatic carbocycles. The number of aliphatic hydroxyl groups is 1. The molecule has 0 radical (unpaired) electrons. The Labute approximate surface area is 175 Å². The topological polar surface area (TPSA) is 105 Å². The van der Waals surface area contributed by atoms with E-state index in [2.05, 4.69) is 29.4 Å². The summed E-state index contributed by atoms with van der Waals surface area (Å²) in [4.78, 5) is 4.30. The van der Waals surface area contributed by atoms with Crippen molar-refractivity contribution in [3.8, 4) is 0 Å². The number of nitrogens with two attached hydrogens (primary N) is 1. The fourth-order valence-electron chi connectivity index (χ4n) is 3.29. The van der Waals surface area contributed by atoms with Gasteiger partial charge >= 0.3 is 0 Å². The predicted octanol–water partition coefficient (Wildman–Crippen LogP) is 3.01. The Morgan fingerprint density at radius 2 is 1.97 bits per heavy atom. The van der Waals surface area contributed by atoms with Gasteiger partial charge in [-0.25, -0.2) is 13.4 Å². The van der Waals surface area contributed by atoms with Gasteiger partial charge in [-0.3, -0.25) is 0 Å². The number of thiazole rings is 1. The molecule has 8 heteroatoms. The lowest BCUT2D eigenvalue weighted by Crippen LogP contribution is -2.47. The van der Waals surface area contributed by atoms with Crippen LogP contribution >= 0.6 is 11.3 Å². The van der Waals surface area contributed by atoms with Gasteiger partial charge in [0.05, 0.1) is 26.5 Å². The van der Waals surface area contributed by atoms with E-state index in [1.807, 2.05) is 18.2 Å². The van der Waals surface area contributed by atoms with Crippen molar-refractivity contribution >= 4 is 36.5 Å². The Hall–Kier alpha value is -2.00. The van der Waals surface area contributed by atoms with E-state index >= 15 is 0 Å². The Bertz CT molecular complexity index is 1060. The standard InChI is InChI=1S/C21H27N3O3S2/c1-3-16(11-15-7-5-4-6-8-15)23-13-21(2,25)14-29(26,27)17-9-10-19-18(12-17)24-20(22)28-19/h4-10,12,16,23,25H,3,11,13-14H2,1-2H3,(H2,22,24)/t16?,21-/m1/s1. The number of nitrogens with one attached hydrogen (secondary N) is 1. The molecule has 6 nitrogen and oxygen atoms in total. The molecule has 0 aliphatic heterocycles. The Morgan fingerprint density at radius 3 is 2.66 bits per heavy atom. The third-order valence-corrected chi connectivity index (χ3v) is 7.66. The van der Waals surface area contributed by atoms with E-state index in [9.17, 15) is 13.5 Å². The van der Waals surface area contributed by atoms with Crippen LogP contribution in [0.2, 0.25) is 0 Å². The molecular weight excluding hydrogens is 406 g/mol. The zero-order chi connectivity index (χ0) is 21.1. The summed E-state index contributed by atoms with van der Waals surface area (Å²) in [7, 11) is -3.68. The summed E-state index contributed by atoms with van der Waals surface area (Å²) >= 11 is 1.31. The number of rotatable bonds is 9. The Morgan fingerprint density at radius 1 is 1.24 bits per heavy atom. The van der Waals surface area contributed by atoms with Crippen LogP contribution in [0.4, 0.5) is 5.13 Å². The minimum absolute atomic E-state index is 0.145. The fraction of sp³-hybridized carbons (Fsp3) is 0.381. The van der Waals surface area contributed by atoms with Crippen LogP contribution in [0.25, 0.3) is 10.2 Å². The number of nitrogen functional groups attached to an aromatic ring is 1. The molecule has 0 fully saturated rings. The van der Waals surface area contributed by atoms with Crippen molar-refractivity contribution in [3.63, 3.8) is 0 Å². The number of hydrogen-bond donors (Lipinski definition) is 3. The van der Waals surface area contributed by atoms with Crippen molar-refractivity contribution in [2.45, 2.75) is 43.2 Å². The lowest BCUT2D eigenvalue weighted by molar-refractivity contribution is 0.0793. The maximum Gasteiger partial charge on any atom is 0.181 e. The second-order valence-electron chi connectivity index (χ2n) is 7.61. The molecular formula is C21H27N3O3S2. The van der Waals surface area contributed by atoms with Gasteiger partial charge in [0.15, 0.2) is 15.0 Å². The minimum Gasteiger partial charge on any atom is -0.388 e. The number of aromatic nitrogens is 1. The molecule has 0 saturated heterocycles. The molecule has 0 spiro atoms. The predicted molar refractivity (Wildman–Crippen MR) is 119 cm³/mol. The fourth-order valence-corrected chi connectivity index (χ4v) is 5.65. The number of benzene rings is 2. The summed E-state index contributed by atoms with van der Waals surface area (Å²) in [5, 5.41) is 14.5. The molecule has 4 N–H and O–H groups in total. The van der Waals surface area contributed by atoms with Crippen LogP contribution in [-0.2, 0) is 16.3 Å². The van der Waals surface area contributed by atoms with Crippen molar-refractivity contribution in [2.75, 3.05) is 18.0 Å². The van der Waals surface area contributed by atoms with Crippen LogP contribution in [0, 0.1) is 0 Å². The zero-order valence-electron chi connectivity index (χ0n) is 16.6. The second kappa shape index (κ2) is 8.79. The molecule has 1 unspecified atom stereocenters. The highest BCUT2D eigenvalue weighted by atomic mass is 32.2. The van der Waals surface area contributed by atoms with Crippen LogP contribution in [0.1, 0.15) is 25.8 Å². The summed E-state index contributed by atoms with van der Waals surface area (Å²) in [5.41, 5.74) is 6.05. The van der Waals surface area contributed by atoms with E-state index in [0.29, 0.717) is 10.6 Å². The van der Waals surface area contributed by atoms with Gasteiger partial charge in [-0.1, -0.05) is 48.6 Å². The van der Waals surface area contributed by atoms with Gasteiger partial charge < -0.3 is 16.2 Å². The molecule has 29 heavy (non-hydrogen) atoms. The molecule has 2 atom stereocenters. The summed E-state index contributed by atoms with van der Waals surface area (Å²) in [6, 6.07) is 15.0. The van der Waals surface area contributed by atoms with E-state index < -0.39 is 15.4 Å². The normalized spacial score (nSPS) is 15.3. The molecule has 2 aromatic carbocycles. The lowest BCUT2D eigenvalue weighted by Gasteiger charge is -2.27. The molecule has 0 amide bonds. The molecule has 156 valence electrons. The van der Waals surface area contributed by atoms with Crippen LogP contribution in [0.5, 0.6) is 0 Å². The number of nitrogens with zero attached hydrogens (tertiary/aromatic N) is 1. The highest BCUT2D eigenvalue weighted by molar-refractivity contribution is 7.91. The average Bonchev–Trinajstić information content (AvgIpc) is 3.04. The number of hydrogen-bond acceptors (Lipinski definition) is 7. The number of sulfone groups is 1. The number of fused-ring (bicyclic) bond motifs is 1. The SMILES string of the molecule is CCC(Cc1ccccc1)NC[C@@](C)(O)CS(=O)(=O)c1ccc2sc(N)nc2c1. The van der Waals surface area contributed by atoms with Crippen LogP contribution in [-0.4, -0.2) is 42.4 Å². The highest BCUT2D eigenvalue weighted by Crippen LogP contribution is 2.27. The van der Waals surface area contributed by atoms with Crippen molar-refractivity contribution in [1.82, 2.24) is 10.3 Å². The highest BCUT2D eigenvalue weighted by Gasteiger charge is 2.30. The minimum atomic E-state index is -3.68.